The number of hydrogen-bond donors (Lipinski definition) is 20. The van der Waals surface area contributed by atoms with Crippen molar-refractivity contribution in [3.05, 3.63) is 0 Å². The highest BCUT2D eigenvalue weighted by Crippen LogP contribution is 2.26. The van der Waals surface area contributed by atoms with Gasteiger partial charge in [0, 0.05) is 138 Å². The molecule has 3 rings (SSSR count). The van der Waals surface area contributed by atoms with Gasteiger partial charge in [-0.25, -0.2) is 0 Å². The van der Waals surface area contributed by atoms with Crippen molar-refractivity contribution in [2.45, 2.75) is 234 Å². The van der Waals surface area contributed by atoms with E-state index in [4.69, 9.17) is 42.6 Å². The molecule has 107 heavy (non-hydrogen) atoms. The molecule has 3 heterocycles. The molecular formula is C67H119N11O29. The molecule has 3 aliphatic heterocycles. The first-order chi connectivity index (χ1) is 51.2. The van der Waals surface area contributed by atoms with Crippen molar-refractivity contribution in [2.24, 2.45) is 0 Å². The summed E-state index contributed by atoms with van der Waals surface area (Å²) < 4.78 is 51.7. The Balaban J connectivity index is 1.50. The third kappa shape index (κ3) is 38.6. The maximum Gasteiger partial charge on any atom is 0.222 e. The number of carbonyl (C=O) groups excluding carboxylic acids is 11. The van der Waals surface area contributed by atoms with Gasteiger partial charge in [0.05, 0.1) is 59.5 Å². The van der Waals surface area contributed by atoms with E-state index in [9.17, 15) is 98.7 Å². The van der Waals surface area contributed by atoms with E-state index < -0.39 is 159 Å². The van der Waals surface area contributed by atoms with E-state index in [0.717, 1.165) is 0 Å². The van der Waals surface area contributed by atoms with Crippen molar-refractivity contribution in [2.75, 3.05) is 126 Å². The van der Waals surface area contributed by atoms with E-state index in [2.05, 4.69) is 58.5 Å². The van der Waals surface area contributed by atoms with Crippen LogP contribution >= 0.6 is 0 Å². The molecule has 6 unspecified atom stereocenters. The van der Waals surface area contributed by atoms with E-state index in [1.54, 1.807) is 0 Å². The Hall–Kier alpha value is -6.55. The number of unbranched alkanes of at least 4 members (excludes halogenated alkanes) is 3. The highest BCUT2D eigenvalue weighted by Gasteiger charge is 2.48. The Kier molecular flexibility index (Phi) is 47.9. The maximum atomic E-state index is 13.6. The second-order valence-electron chi connectivity index (χ2n) is 26.2. The third-order valence-electron chi connectivity index (χ3n) is 17.0. The predicted molar refractivity (Wildman–Crippen MR) is 373 cm³/mol. The van der Waals surface area contributed by atoms with E-state index in [0.29, 0.717) is 57.8 Å². The van der Waals surface area contributed by atoms with Gasteiger partial charge in [0.25, 0.3) is 0 Å². The molecule has 15 atom stereocenters. The minimum Gasteiger partial charge on any atom is -0.394 e. The van der Waals surface area contributed by atoms with Crippen LogP contribution in [0, 0.1) is 0 Å². The summed E-state index contributed by atoms with van der Waals surface area (Å²) in [6, 6.07) is -3.29. The second-order valence-corrected chi connectivity index (χ2v) is 26.2. The monoisotopic (exact) mass is 1540 g/mol. The molecule has 40 nitrogen and oxygen atoms in total. The Labute approximate surface area is 622 Å². The van der Waals surface area contributed by atoms with Crippen molar-refractivity contribution in [3.63, 3.8) is 0 Å². The number of rotatable bonds is 56. The molecule has 0 aromatic rings. The van der Waals surface area contributed by atoms with Crippen molar-refractivity contribution in [3.8, 4) is 0 Å². The Morgan fingerprint density at radius 1 is 0.327 bits per heavy atom. The van der Waals surface area contributed by atoms with Gasteiger partial charge in [0.2, 0.25) is 65.0 Å². The van der Waals surface area contributed by atoms with Gasteiger partial charge >= 0.3 is 0 Å². The van der Waals surface area contributed by atoms with Gasteiger partial charge in [-0.3, -0.25) is 52.7 Å². The van der Waals surface area contributed by atoms with Crippen molar-refractivity contribution < 1.29 is 141 Å². The van der Waals surface area contributed by atoms with Crippen molar-refractivity contribution in [1.82, 2.24) is 58.5 Å². The van der Waals surface area contributed by atoms with Gasteiger partial charge in [-0.15, -0.1) is 0 Å². The molecule has 3 fully saturated rings. The van der Waals surface area contributed by atoms with Gasteiger partial charge in [0.1, 0.15) is 78.6 Å². The summed E-state index contributed by atoms with van der Waals surface area (Å²) in [5.74, 6) is -4.27. The van der Waals surface area contributed by atoms with Crippen LogP contribution in [0.2, 0.25) is 0 Å². The van der Waals surface area contributed by atoms with Gasteiger partial charge in [-0.2, -0.15) is 0 Å². The SMILES string of the molecule is CNC(=O)CCCC(=O)NC(COCCC(=O)NCCCNC(=O)CCCCO[C@@H]1OC(CO)[C@H](O)[C@H](O)C1NC(C)=O)(COCCC(=O)NCCCNC(=O)CCCCO[C@@H]1OC(CO)[C@H](O)C(O)[C@@H]1NC(C)=O)COCCC(=O)NCCCNC(=O)CCCCO[C@@H]1OC(CO)[C@H](O)C(O)[C@@H]1NC(C)=O. The molecule has 0 aliphatic carbocycles. The van der Waals surface area contributed by atoms with Crippen LogP contribution in [0.25, 0.3) is 0 Å². The van der Waals surface area contributed by atoms with E-state index in [1.807, 2.05) is 0 Å². The number of amides is 11. The van der Waals surface area contributed by atoms with Gasteiger partial charge in [-0.05, 0) is 64.2 Å². The Bertz CT molecular complexity index is 2420. The molecular weight excluding hydrogens is 1420 g/mol. The summed E-state index contributed by atoms with van der Waals surface area (Å²) in [4.78, 5) is 137. The topological polar surface area (TPSA) is 585 Å². The Morgan fingerprint density at radius 2 is 0.589 bits per heavy atom. The van der Waals surface area contributed by atoms with Crippen molar-refractivity contribution in [1.29, 1.82) is 0 Å². The third-order valence-corrected chi connectivity index (χ3v) is 17.0. The lowest BCUT2D eigenvalue weighted by Crippen LogP contribution is -2.64. The molecule has 0 aromatic carbocycles. The number of hydrogen-bond acceptors (Lipinski definition) is 29. The molecule has 3 saturated heterocycles. The maximum absolute atomic E-state index is 13.6. The van der Waals surface area contributed by atoms with Crippen LogP contribution in [0.4, 0.5) is 0 Å². The number of carbonyl (C=O) groups is 11. The molecule has 20 N–H and O–H groups in total. The summed E-state index contributed by atoms with van der Waals surface area (Å²) >= 11 is 0. The minimum absolute atomic E-state index is 0.0378. The average molecular weight is 1540 g/mol. The molecule has 0 saturated carbocycles. The first-order valence-corrected chi connectivity index (χ1v) is 36.6. The zero-order chi connectivity index (χ0) is 79.1. The molecule has 616 valence electrons. The van der Waals surface area contributed by atoms with Gasteiger partial charge < -0.3 is 147 Å². The van der Waals surface area contributed by atoms with Crippen LogP contribution in [0.3, 0.4) is 0 Å². The predicted octanol–water partition coefficient (Wildman–Crippen LogP) is -7.76. The summed E-state index contributed by atoms with van der Waals surface area (Å²) in [6.07, 6.45) is -12.1. The molecule has 11 amide bonds. The van der Waals surface area contributed by atoms with Crippen molar-refractivity contribution >= 4 is 65.0 Å². The standard InChI is InChI=1S/C67H119N11O29/c1-41(82)75-55-61(96)58(93)44(35-79)105-64(55)102-29-8-5-15-48(86)69-23-12-26-72-51(89)20-32-99-38-67(78-54(92)19-11-18-47(85)68-4,39-100-33-21-52(90)73-27-13-24-70-49(87)16-6-9-30-103-65-56(76-42(2)83)62(97)59(94)45(36-80)106-65)40-101-34-22-53(91)74-28-14-25-71-50(88)17-7-10-31-104-66-57(77-43(3)84)63(98)60(95)46(37-81)107-66/h44-46,55-66,79-81,93-98H,5-40H2,1-4H3,(H,68,85)(H,69,86)(H,70,87)(H,71,88)(H,72,89)(H,73,90)(H,74,91)(H,75,82)(H,76,83)(H,77,84)(H,78,92)/t44?,45?,46?,55-,56-,57?,58-,59-,60-,61?,62?,63+,64+,65+,66+,67?/m0/s1. The lowest BCUT2D eigenvalue weighted by atomic mass is 9.97. The zero-order valence-corrected chi connectivity index (χ0v) is 61.8. The zero-order valence-electron chi connectivity index (χ0n) is 61.8. The second kappa shape index (κ2) is 54.1. The lowest BCUT2D eigenvalue weighted by molar-refractivity contribution is -0.270. The van der Waals surface area contributed by atoms with Crippen LogP contribution in [-0.2, 0) is 95.4 Å². The smallest absolute Gasteiger partial charge is 0.222 e. The van der Waals surface area contributed by atoms with E-state index >= 15 is 0 Å². The van der Waals surface area contributed by atoms with Crippen LogP contribution in [0.5, 0.6) is 0 Å². The average Bonchev–Trinajstić information content (AvgIpc) is 0.822. The van der Waals surface area contributed by atoms with Gasteiger partial charge in [0.15, 0.2) is 18.9 Å². The quantitative estimate of drug-likeness (QED) is 0.0252. The molecule has 3 aliphatic rings. The lowest BCUT2D eigenvalue weighted by Gasteiger charge is -2.42. The number of ether oxygens (including phenoxy) is 9. The normalized spacial score (nSPS) is 24.7. The summed E-state index contributed by atoms with van der Waals surface area (Å²) in [7, 11) is 1.46. The molecule has 40 heteroatoms. The van der Waals surface area contributed by atoms with Crippen LogP contribution < -0.4 is 58.5 Å². The van der Waals surface area contributed by atoms with Gasteiger partial charge in [-0.1, -0.05) is 0 Å². The summed E-state index contributed by atoms with van der Waals surface area (Å²) in [6.45, 7) is 2.04. The summed E-state index contributed by atoms with van der Waals surface area (Å²) in [5, 5.41) is 120. The fourth-order valence-corrected chi connectivity index (χ4v) is 11.2. The number of aliphatic hydroxyl groups is 9. The van der Waals surface area contributed by atoms with E-state index in [1.165, 1.54) is 27.8 Å². The largest absolute Gasteiger partial charge is 0.394 e. The Morgan fingerprint density at radius 3 is 0.850 bits per heavy atom. The fraction of sp³-hybridized carbons (Fsp3) is 0.836. The van der Waals surface area contributed by atoms with Crippen LogP contribution in [-0.4, -0.2) is 334 Å². The number of aliphatic hydroxyl groups excluding tert-OH is 9. The first-order valence-electron chi connectivity index (χ1n) is 36.6. The molecule has 0 radical (unpaired) electrons. The number of nitrogens with one attached hydrogen (secondary N) is 11. The summed E-state index contributed by atoms with van der Waals surface area (Å²) in [5.41, 5.74) is -1.48. The van der Waals surface area contributed by atoms with Crippen LogP contribution in [0.1, 0.15) is 136 Å². The first kappa shape index (κ1) is 94.7. The van der Waals surface area contributed by atoms with Crippen LogP contribution in [0.15, 0.2) is 0 Å². The highest BCUT2D eigenvalue weighted by molar-refractivity contribution is 5.80. The van der Waals surface area contributed by atoms with E-state index in [-0.39, 0.29) is 180 Å². The molecule has 0 aromatic heterocycles. The molecule has 0 bridgehead atoms. The highest BCUT2D eigenvalue weighted by atomic mass is 16.7. The minimum atomic E-state index is -1.48. The molecule has 0 spiro atoms. The fourth-order valence-electron chi connectivity index (χ4n) is 11.2.